The van der Waals surface area contributed by atoms with Crippen LogP contribution in [0.3, 0.4) is 0 Å². The van der Waals surface area contributed by atoms with E-state index in [1.165, 1.54) is 36.7 Å². The minimum absolute atomic E-state index is 0.154. The van der Waals surface area contributed by atoms with Crippen LogP contribution in [0.1, 0.15) is 0 Å². The molecule has 2 rings (SSSR count). The molecule has 1 aromatic carbocycles. The average molecular weight is 325 g/mol. The predicted molar refractivity (Wildman–Crippen MR) is 75.3 cm³/mol. The number of hydrogen-bond donors (Lipinski definition) is 2. The molecule has 2 aromatic rings. The van der Waals surface area contributed by atoms with Crippen LogP contribution in [0.15, 0.2) is 41.6 Å². The third kappa shape index (κ3) is 3.65. The molecule has 0 aliphatic heterocycles. The van der Waals surface area contributed by atoms with E-state index in [0.717, 1.165) is 4.57 Å². The van der Waals surface area contributed by atoms with Crippen LogP contribution in [0.2, 0.25) is 0 Å². The zero-order chi connectivity index (χ0) is 16.3. The maximum Gasteiger partial charge on any atom is 0.435 e. The summed E-state index contributed by atoms with van der Waals surface area (Å²) in [6.45, 7) is -0.337. The Morgan fingerprint density at radius 3 is 2.82 bits per heavy atom. The first-order valence-corrected chi connectivity index (χ1v) is 7.40. The zero-order valence-corrected chi connectivity index (χ0v) is 11.9. The van der Waals surface area contributed by atoms with Crippen molar-refractivity contribution in [1.29, 1.82) is 0 Å². The SMILES string of the molecule is NS(=O)(=O)c1cccc(NC(=O)Cn2ccnc2[N+](=O)[O-])c1. The number of nitrogens with two attached hydrogens (primary N) is 1. The Labute approximate surface area is 124 Å². The molecule has 3 N–H and O–H groups in total. The Balaban J connectivity index is 2.13. The molecule has 0 fully saturated rings. The zero-order valence-electron chi connectivity index (χ0n) is 11.0. The monoisotopic (exact) mass is 325 g/mol. The van der Waals surface area contributed by atoms with Crippen molar-refractivity contribution in [3.8, 4) is 0 Å². The Bertz CT molecular complexity index is 829. The lowest BCUT2D eigenvalue weighted by Crippen LogP contribution is -2.20. The van der Waals surface area contributed by atoms with Crippen LogP contribution in [0.4, 0.5) is 11.6 Å². The summed E-state index contributed by atoms with van der Waals surface area (Å²) in [5, 5.41) is 18.1. The second kappa shape index (κ2) is 5.91. The van der Waals surface area contributed by atoms with Gasteiger partial charge in [0.25, 0.3) is 5.91 Å². The van der Waals surface area contributed by atoms with E-state index in [9.17, 15) is 23.3 Å². The average Bonchev–Trinajstić information content (AvgIpc) is 2.86. The van der Waals surface area contributed by atoms with E-state index in [0.29, 0.717) is 0 Å². The van der Waals surface area contributed by atoms with E-state index in [-0.39, 0.29) is 17.1 Å². The number of hydrogen-bond acceptors (Lipinski definition) is 6. The smallest absolute Gasteiger partial charge is 0.390 e. The van der Waals surface area contributed by atoms with Crippen molar-refractivity contribution < 1.29 is 18.1 Å². The molecule has 1 heterocycles. The van der Waals surface area contributed by atoms with E-state index in [1.807, 2.05) is 0 Å². The van der Waals surface area contributed by atoms with E-state index in [2.05, 4.69) is 10.3 Å². The maximum atomic E-state index is 11.9. The summed E-state index contributed by atoms with van der Waals surface area (Å²) in [6.07, 6.45) is 2.49. The van der Waals surface area contributed by atoms with Crippen molar-refractivity contribution in [2.45, 2.75) is 11.4 Å². The number of nitrogens with one attached hydrogen (secondary N) is 1. The largest absolute Gasteiger partial charge is 0.435 e. The summed E-state index contributed by atoms with van der Waals surface area (Å²) in [6, 6.07) is 5.35. The molecular formula is C11H11N5O5S. The number of amides is 1. The van der Waals surface area contributed by atoms with Crippen LogP contribution in [0.5, 0.6) is 0 Å². The Morgan fingerprint density at radius 2 is 2.18 bits per heavy atom. The molecule has 0 saturated carbocycles. The molecule has 22 heavy (non-hydrogen) atoms. The number of rotatable bonds is 5. The van der Waals surface area contributed by atoms with Crippen LogP contribution in [-0.4, -0.2) is 28.8 Å². The molecule has 1 aromatic heterocycles. The summed E-state index contributed by atoms with van der Waals surface area (Å²) in [5.41, 5.74) is 0.208. The standard InChI is InChI=1S/C11H11N5O5S/c12-22(20,21)9-3-1-2-8(6-9)14-10(17)7-15-5-4-13-11(15)16(18)19/h1-6H,7H2,(H,14,17)(H2,12,20,21). The molecule has 116 valence electrons. The molecule has 1 amide bonds. The van der Waals surface area contributed by atoms with E-state index >= 15 is 0 Å². The topological polar surface area (TPSA) is 150 Å². The summed E-state index contributed by atoms with van der Waals surface area (Å²) in [5.74, 6) is -1.04. The Hall–Kier alpha value is -2.79. The van der Waals surface area contributed by atoms with Crippen molar-refractivity contribution in [3.63, 3.8) is 0 Å². The second-order valence-electron chi connectivity index (χ2n) is 4.23. The number of anilines is 1. The highest BCUT2D eigenvalue weighted by Gasteiger charge is 2.17. The van der Waals surface area contributed by atoms with Gasteiger partial charge in [0.15, 0.2) is 6.54 Å². The molecule has 0 radical (unpaired) electrons. The van der Waals surface area contributed by atoms with E-state index in [4.69, 9.17) is 5.14 Å². The molecule has 11 heteroatoms. The summed E-state index contributed by atoms with van der Waals surface area (Å²) in [7, 11) is -3.88. The Morgan fingerprint density at radius 1 is 1.45 bits per heavy atom. The third-order valence-electron chi connectivity index (χ3n) is 2.62. The van der Waals surface area contributed by atoms with Gasteiger partial charge in [-0.2, -0.15) is 0 Å². The number of sulfonamides is 1. The highest BCUT2D eigenvalue weighted by Crippen LogP contribution is 2.14. The third-order valence-corrected chi connectivity index (χ3v) is 3.53. The minimum Gasteiger partial charge on any atom is -0.390 e. The minimum atomic E-state index is -3.88. The molecule has 0 atom stereocenters. The molecule has 0 aliphatic carbocycles. The van der Waals surface area contributed by atoms with Gasteiger partial charge in [0.05, 0.1) is 4.90 Å². The maximum absolute atomic E-state index is 11.9. The number of nitrogens with zero attached hydrogens (tertiary/aromatic N) is 3. The van der Waals surface area contributed by atoms with Gasteiger partial charge in [-0.3, -0.25) is 4.79 Å². The van der Waals surface area contributed by atoms with Gasteiger partial charge in [-0.15, -0.1) is 0 Å². The van der Waals surface area contributed by atoms with E-state index in [1.54, 1.807) is 0 Å². The Kier molecular flexibility index (Phi) is 4.19. The fourth-order valence-electron chi connectivity index (χ4n) is 1.70. The molecule has 10 nitrogen and oxygen atoms in total. The molecule has 0 saturated heterocycles. The fraction of sp³-hybridized carbons (Fsp3) is 0.0909. The van der Waals surface area contributed by atoms with Crippen LogP contribution >= 0.6 is 0 Å². The summed E-state index contributed by atoms with van der Waals surface area (Å²) in [4.78, 5) is 25.2. The van der Waals surface area contributed by atoms with E-state index < -0.39 is 26.8 Å². The van der Waals surface area contributed by atoms with Crippen LogP contribution in [0, 0.1) is 10.1 Å². The number of primary sulfonamides is 1. The molecule has 0 unspecified atom stereocenters. The van der Waals surface area contributed by atoms with Crippen LogP contribution in [-0.2, 0) is 21.4 Å². The van der Waals surface area contributed by atoms with Gasteiger partial charge < -0.3 is 15.4 Å². The number of aromatic nitrogens is 2. The van der Waals surface area contributed by atoms with Crippen molar-refractivity contribution in [2.75, 3.05) is 5.32 Å². The lowest BCUT2D eigenvalue weighted by atomic mass is 10.3. The quantitative estimate of drug-likeness (QED) is 0.587. The van der Waals surface area contributed by atoms with Crippen molar-refractivity contribution in [3.05, 3.63) is 46.8 Å². The normalized spacial score (nSPS) is 11.1. The number of nitro groups is 1. The van der Waals surface area contributed by atoms with Gasteiger partial charge in [-0.25, -0.2) is 18.1 Å². The lowest BCUT2D eigenvalue weighted by Gasteiger charge is -2.06. The first-order chi connectivity index (χ1) is 10.3. The predicted octanol–water partition coefficient (Wildman–Crippen LogP) is 0.0774. The first-order valence-electron chi connectivity index (χ1n) is 5.85. The second-order valence-corrected chi connectivity index (χ2v) is 5.79. The van der Waals surface area contributed by atoms with Gasteiger partial charge >= 0.3 is 5.95 Å². The van der Waals surface area contributed by atoms with Gasteiger partial charge in [0.1, 0.15) is 12.4 Å². The highest BCUT2D eigenvalue weighted by atomic mass is 32.2. The number of imidazole rings is 1. The van der Waals surface area contributed by atoms with Crippen molar-refractivity contribution in [1.82, 2.24) is 9.55 Å². The van der Waals surface area contributed by atoms with Crippen molar-refractivity contribution >= 4 is 27.6 Å². The molecule has 0 bridgehead atoms. The van der Waals surface area contributed by atoms with Crippen LogP contribution in [0.25, 0.3) is 0 Å². The van der Waals surface area contributed by atoms with Gasteiger partial charge in [-0.05, 0) is 23.1 Å². The van der Waals surface area contributed by atoms with Gasteiger partial charge in [0.2, 0.25) is 10.0 Å². The van der Waals surface area contributed by atoms with Gasteiger partial charge in [0, 0.05) is 5.69 Å². The lowest BCUT2D eigenvalue weighted by molar-refractivity contribution is -0.396. The first kappa shape index (κ1) is 15.6. The highest BCUT2D eigenvalue weighted by molar-refractivity contribution is 7.89. The molecule has 0 aliphatic rings. The molecular weight excluding hydrogens is 314 g/mol. The summed E-state index contributed by atoms with van der Waals surface area (Å²) < 4.78 is 23.5. The number of carbonyl (C=O) groups is 1. The number of carbonyl (C=O) groups excluding carboxylic acids is 1. The number of benzene rings is 1. The fourth-order valence-corrected chi connectivity index (χ4v) is 2.26. The summed E-state index contributed by atoms with van der Waals surface area (Å²) >= 11 is 0. The van der Waals surface area contributed by atoms with Gasteiger partial charge in [-0.1, -0.05) is 11.1 Å². The van der Waals surface area contributed by atoms with Crippen molar-refractivity contribution in [2.24, 2.45) is 5.14 Å². The molecule has 0 spiro atoms. The van der Waals surface area contributed by atoms with Crippen LogP contribution < -0.4 is 10.5 Å².